The van der Waals surface area contributed by atoms with E-state index in [1.165, 1.54) is 6.42 Å². The van der Waals surface area contributed by atoms with Crippen molar-refractivity contribution in [2.24, 2.45) is 0 Å². The zero-order valence-corrected chi connectivity index (χ0v) is 13.1. The number of carbonyl (C=O) groups is 1. The fraction of sp³-hybridized carbons (Fsp3) is 0.647. The fourth-order valence-corrected chi connectivity index (χ4v) is 3.34. The maximum atomic E-state index is 12.6. The van der Waals surface area contributed by atoms with E-state index in [-0.39, 0.29) is 11.9 Å². The van der Waals surface area contributed by atoms with Gasteiger partial charge in [0.05, 0.1) is 12.6 Å². The number of rotatable bonds is 4. The maximum Gasteiger partial charge on any atom is 0.224 e. The van der Waals surface area contributed by atoms with Gasteiger partial charge in [0.2, 0.25) is 5.91 Å². The molecule has 2 aliphatic heterocycles. The molecule has 120 valence electrons. The number of hydrogen-bond acceptors (Lipinski definition) is 4. The summed E-state index contributed by atoms with van der Waals surface area (Å²) in [7, 11) is 0. The van der Waals surface area contributed by atoms with Crippen LogP contribution < -0.4 is 0 Å². The summed E-state index contributed by atoms with van der Waals surface area (Å²) in [6.07, 6.45) is 9.82. The van der Waals surface area contributed by atoms with Gasteiger partial charge in [-0.2, -0.15) is 5.06 Å². The summed E-state index contributed by atoms with van der Waals surface area (Å²) in [5, 5.41) is 1.95. The first-order chi connectivity index (χ1) is 10.8. The summed E-state index contributed by atoms with van der Waals surface area (Å²) in [4.78, 5) is 24.5. The number of hydroxylamine groups is 2. The molecule has 2 fully saturated rings. The lowest BCUT2D eigenvalue weighted by atomic mass is 9.96. The van der Waals surface area contributed by atoms with Crippen molar-refractivity contribution in [2.45, 2.75) is 44.6 Å². The van der Waals surface area contributed by atoms with E-state index in [2.05, 4.69) is 11.1 Å². The van der Waals surface area contributed by atoms with Crippen LogP contribution in [0.3, 0.4) is 0 Å². The Hall–Kier alpha value is -1.46. The first-order valence-corrected chi connectivity index (χ1v) is 8.42. The van der Waals surface area contributed by atoms with E-state index in [1.807, 2.05) is 22.2 Å². The van der Waals surface area contributed by atoms with Crippen LogP contribution in [0, 0.1) is 0 Å². The Kier molecular flexibility index (Phi) is 5.40. The van der Waals surface area contributed by atoms with Crippen LogP contribution in [0.1, 0.15) is 50.1 Å². The average molecular weight is 303 g/mol. The minimum absolute atomic E-state index is 0.192. The molecule has 3 heterocycles. The Bertz CT molecular complexity index is 474. The van der Waals surface area contributed by atoms with Gasteiger partial charge in [0.25, 0.3) is 0 Å². The summed E-state index contributed by atoms with van der Waals surface area (Å²) in [5.74, 6) is 0.239. The van der Waals surface area contributed by atoms with Crippen LogP contribution in [0.4, 0.5) is 0 Å². The largest absolute Gasteiger partial charge is 0.336 e. The summed E-state index contributed by atoms with van der Waals surface area (Å²) < 4.78 is 0. The van der Waals surface area contributed by atoms with E-state index in [1.54, 1.807) is 6.20 Å². The third-order valence-corrected chi connectivity index (χ3v) is 4.54. The highest BCUT2D eigenvalue weighted by Crippen LogP contribution is 2.30. The van der Waals surface area contributed by atoms with Crippen molar-refractivity contribution in [3.63, 3.8) is 0 Å². The first-order valence-electron chi connectivity index (χ1n) is 8.42. The van der Waals surface area contributed by atoms with Crippen molar-refractivity contribution in [1.82, 2.24) is 14.9 Å². The third kappa shape index (κ3) is 3.84. The van der Waals surface area contributed by atoms with Crippen LogP contribution in [-0.4, -0.2) is 47.1 Å². The second-order valence-electron chi connectivity index (χ2n) is 6.10. The van der Waals surface area contributed by atoms with Gasteiger partial charge in [-0.15, -0.1) is 0 Å². The molecule has 0 N–H and O–H groups in total. The van der Waals surface area contributed by atoms with Crippen molar-refractivity contribution >= 4 is 5.91 Å². The zero-order chi connectivity index (χ0) is 15.2. The zero-order valence-electron chi connectivity index (χ0n) is 13.1. The first kappa shape index (κ1) is 15.4. The normalized spacial score (nSPS) is 23.5. The Balaban J connectivity index is 1.59. The van der Waals surface area contributed by atoms with Crippen molar-refractivity contribution in [2.75, 3.05) is 26.2 Å². The van der Waals surface area contributed by atoms with E-state index in [0.717, 1.165) is 50.9 Å². The summed E-state index contributed by atoms with van der Waals surface area (Å²) in [5.41, 5.74) is 1.16. The molecule has 0 radical (unpaired) electrons. The molecule has 2 aliphatic rings. The molecule has 5 nitrogen and oxygen atoms in total. The second-order valence-corrected chi connectivity index (χ2v) is 6.10. The Morgan fingerprint density at radius 2 is 2.18 bits per heavy atom. The molecule has 1 amide bonds. The molecule has 1 aromatic rings. The summed E-state index contributed by atoms with van der Waals surface area (Å²) >= 11 is 0. The number of pyridine rings is 1. The van der Waals surface area contributed by atoms with Crippen molar-refractivity contribution in [3.8, 4) is 0 Å². The summed E-state index contributed by atoms with van der Waals surface area (Å²) in [6, 6.07) is 4.22. The van der Waals surface area contributed by atoms with Crippen LogP contribution in [-0.2, 0) is 9.63 Å². The van der Waals surface area contributed by atoms with Gasteiger partial charge in [-0.05, 0) is 43.7 Å². The molecule has 3 rings (SSSR count). The lowest BCUT2D eigenvalue weighted by Crippen LogP contribution is -2.40. The highest BCUT2D eigenvalue weighted by molar-refractivity contribution is 5.77. The van der Waals surface area contributed by atoms with Crippen LogP contribution in [0.5, 0.6) is 0 Å². The molecule has 1 aromatic heterocycles. The molecule has 22 heavy (non-hydrogen) atoms. The molecule has 5 heteroatoms. The maximum absolute atomic E-state index is 12.6. The van der Waals surface area contributed by atoms with Gasteiger partial charge in [0.1, 0.15) is 0 Å². The average Bonchev–Trinajstić information content (AvgIpc) is 2.61. The number of hydrogen-bond donors (Lipinski definition) is 0. The number of piperidine rings is 1. The standard InChI is InChI=1S/C17H25N3O2/c21-17(8-12-19-10-3-4-13-22-19)20-11-2-1-7-16(20)15-6-5-9-18-14-15/h5-6,9,14,16H,1-4,7-8,10-13H2/t16-/m1/s1. The van der Waals surface area contributed by atoms with Crippen LogP contribution >= 0.6 is 0 Å². The van der Waals surface area contributed by atoms with E-state index >= 15 is 0 Å². The third-order valence-electron chi connectivity index (χ3n) is 4.54. The minimum Gasteiger partial charge on any atom is -0.336 e. The Morgan fingerprint density at radius 3 is 2.95 bits per heavy atom. The lowest BCUT2D eigenvalue weighted by Gasteiger charge is -2.36. The smallest absolute Gasteiger partial charge is 0.224 e. The highest BCUT2D eigenvalue weighted by Gasteiger charge is 2.28. The van der Waals surface area contributed by atoms with Gasteiger partial charge in [-0.1, -0.05) is 6.07 Å². The SMILES string of the molecule is O=C(CCN1CCCCO1)N1CCCC[C@@H]1c1cccnc1. The Morgan fingerprint density at radius 1 is 1.27 bits per heavy atom. The van der Waals surface area contributed by atoms with Crippen LogP contribution in [0.2, 0.25) is 0 Å². The molecule has 0 saturated carbocycles. The minimum atomic E-state index is 0.192. The fourth-order valence-electron chi connectivity index (χ4n) is 3.34. The number of amides is 1. The number of aromatic nitrogens is 1. The lowest BCUT2D eigenvalue weighted by molar-refractivity contribution is -0.183. The molecule has 0 unspecified atom stereocenters. The van der Waals surface area contributed by atoms with Crippen LogP contribution in [0.15, 0.2) is 24.5 Å². The van der Waals surface area contributed by atoms with E-state index in [9.17, 15) is 4.79 Å². The van der Waals surface area contributed by atoms with Gasteiger partial charge in [0.15, 0.2) is 0 Å². The van der Waals surface area contributed by atoms with Gasteiger partial charge in [-0.3, -0.25) is 14.6 Å². The van der Waals surface area contributed by atoms with Gasteiger partial charge < -0.3 is 4.90 Å². The quantitative estimate of drug-likeness (QED) is 0.857. The van der Waals surface area contributed by atoms with E-state index < -0.39 is 0 Å². The Labute approximate surface area is 132 Å². The summed E-state index contributed by atoms with van der Waals surface area (Å²) in [6.45, 7) is 3.30. The molecule has 1 atom stereocenters. The van der Waals surface area contributed by atoms with Crippen molar-refractivity contribution in [1.29, 1.82) is 0 Å². The van der Waals surface area contributed by atoms with Gasteiger partial charge in [-0.25, -0.2) is 0 Å². The second kappa shape index (κ2) is 7.70. The molecule has 0 aliphatic carbocycles. The predicted molar refractivity (Wildman–Crippen MR) is 83.9 cm³/mol. The number of carbonyl (C=O) groups excluding carboxylic acids is 1. The molecule has 2 saturated heterocycles. The van der Waals surface area contributed by atoms with Crippen molar-refractivity contribution in [3.05, 3.63) is 30.1 Å². The van der Waals surface area contributed by atoms with E-state index in [4.69, 9.17) is 4.84 Å². The van der Waals surface area contributed by atoms with Crippen LogP contribution in [0.25, 0.3) is 0 Å². The molecular weight excluding hydrogens is 278 g/mol. The molecule has 0 aromatic carbocycles. The molecule has 0 spiro atoms. The van der Waals surface area contributed by atoms with Gasteiger partial charge in [0, 0.05) is 38.4 Å². The number of likely N-dealkylation sites (tertiary alicyclic amines) is 1. The topological polar surface area (TPSA) is 45.7 Å². The van der Waals surface area contributed by atoms with E-state index in [0.29, 0.717) is 13.0 Å². The highest BCUT2D eigenvalue weighted by atomic mass is 16.7. The van der Waals surface area contributed by atoms with Gasteiger partial charge >= 0.3 is 0 Å². The monoisotopic (exact) mass is 303 g/mol. The van der Waals surface area contributed by atoms with Crippen molar-refractivity contribution < 1.29 is 9.63 Å². The molecule has 0 bridgehead atoms. The number of nitrogens with zero attached hydrogens (tertiary/aromatic N) is 3. The molecular formula is C17H25N3O2. The predicted octanol–water partition coefficient (Wildman–Crippen LogP) is 2.55.